The predicted octanol–water partition coefficient (Wildman–Crippen LogP) is 1.95. The van der Waals surface area contributed by atoms with Crippen molar-refractivity contribution in [3.8, 4) is 0 Å². The van der Waals surface area contributed by atoms with Crippen LogP contribution in [-0.4, -0.2) is 20.6 Å². The maximum Gasteiger partial charge on any atom is 0.191 e. The molecule has 1 aromatic carbocycles. The number of halogens is 2. The van der Waals surface area contributed by atoms with Crippen LogP contribution in [0.2, 0.25) is 0 Å². The fourth-order valence-corrected chi connectivity index (χ4v) is 1.79. The molecular weight excluding hydrogens is 289 g/mol. The molecule has 0 amide bonds. The number of nitrogens with one attached hydrogen (secondary N) is 2. The van der Waals surface area contributed by atoms with Gasteiger partial charge in [-0.2, -0.15) is 5.21 Å². The van der Waals surface area contributed by atoms with E-state index < -0.39 is 0 Å². The molecule has 90 valence electrons. The molecule has 0 saturated carbocycles. The average molecular weight is 300 g/mol. The average Bonchev–Trinajstić information content (AvgIpc) is 2.83. The van der Waals surface area contributed by atoms with Gasteiger partial charge in [0.15, 0.2) is 5.82 Å². The SMILES string of the molecule is CC(NCc1cc(Br)ccc1F)c1nn[nH]n1. The molecular formula is C10H11BrFN5. The molecule has 1 aromatic heterocycles. The number of hydrogen-bond acceptors (Lipinski definition) is 4. The lowest BCUT2D eigenvalue weighted by Crippen LogP contribution is -2.20. The van der Waals surface area contributed by atoms with Crippen molar-refractivity contribution in [1.29, 1.82) is 0 Å². The zero-order valence-electron chi connectivity index (χ0n) is 9.11. The third-order valence-corrected chi connectivity index (χ3v) is 2.85. The molecule has 0 spiro atoms. The normalized spacial score (nSPS) is 12.6. The highest BCUT2D eigenvalue weighted by Gasteiger charge is 2.10. The summed E-state index contributed by atoms with van der Waals surface area (Å²) in [6.45, 7) is 2.29. The van der Waals surface area contributed by atoms with E-state index in [-0.39, 0.29) is 11.9 Å². The van der Waals surface area contributed by atoms with Gasteiger partial charge >= 0.3 is 0 Å². The minimum absolute atomic E-state index is 0.0906. The van der Waals surface area contributed by atoms with Crippen LogP contribution in [0.25, 0.3) is 0 Å². The molecule has 5 nitrogen and oxygen atoms in total. The monoisotopic (exact) mass is 299 g/mol. The van der Waals surface area contributed by atoms with E-state index in [2.05, 4.69) is 41.9 Å². The summed E-state index contributed by atoms with van der Waals surface area (Å²) in [4.78, 5) is 0. The number of hydrogen-bond donors (Lipinski definition) is 2. The van der Waals surface area contributed by atoms with Gasteiger partial charge in [-0.05, 0) is 25.1 Å². The van der Waals surface area contributed by atoms with Gasteiger partial charge < -0.3 is 5.32 Å². The molecule has 0 radical (unpaired) electrons. The molecule has 1 atom stereocenters. The minimum atomic E-state index is -0.235. The third-order valence-electron chi connectivity index (χ3n) is 2.36. The highest BCUT2D eigenvalue weighted by Crippen LogP contribution is 2.16. The van der Waals surface area contributed by atoms with Gasteiger partial charge in [0.25, 0.3) is 0 Å². The van der Waals surface area contributed by atoms with Gasteiger partial charge in [-0.15, -0.1) is 10.2 Å². The summed E-state index contributed by atoms with van der Waals surface area (Å²) in [5.41, 5.74) is 0.592. The maximum atomic E-state index is 13.5. The predicted molar refractivity (Wildman–Crippen MR) is 63.5 cm³/mol. The van der Waals surface area contributed by atoms with E-state index in [4.69, 9.17) is 0 Å². The van der Waals surface area contributed by atoms with Crippen molar-refractivity contribution in [2.45, 2.75) is 19.5 Å². The van der Waals surface area contributed by atoms with E-state index in [1.165, 1.54) is 6.07 Å². The summed E-state index contributed by atoms with van der Waals surface area (Å²) in [5, 5.41) is 16.7. The first-order chi connectivity index (χ1) is 8.16. The lowest BCUT2D eigenvalue weighted by atomic mass is 10.2. The number of tetrazole rings is 1. The van der Waals surface area contributed by atoms with Crippen LogP contribution in [-0.2, 0) is 6.54 Å². The van der Waals surface area contributed by atoms with Crippen molar-refractivity contribution in [3.05, 3.63) is 39.9 Å². The van der Waals surface area contributed by atoms with Gasteiger partial charge in [0.05, 0.1) is 6.04 Å². The third kappa shape index (κ3) is 3.07. The van der Waals surface area contributed by atoms with E-state index in [0.29, 0.717) is 17.9 Å². The van der Waals surface area contributed by atoms with Crippen LogP contribution < -0.4 is 5.32 Å². The second-order valence-corrected chi connectivity index (χ2v) is 4.52. The lowest BCUT2D eigenvalue weighted by molar-refractivity contribution is 0.525. The standard InChI is InChI=1S/C10H11BrFN5/c1-6(10-14-16-17-15-10)13-5-7-4-8(11)2-3-9(7)12/h2-4,6,13H,5H2,1H3,(H,14,15,16,17). The summed E-state index contributed by atoms with van der Waals surface area (Å²) in [6.07, 6.45) is 0. The number of H-pyrrole nitrogens is 1. The zero-order chi connectivity index (χ0) is 12.3. The molecule has 0 bridgehead atoms. The van der Waals surface area contributed by atoms with E-state index in [1.54, 1.807) is 12.1 Å². The van der Waals surface area contributed by atoms with Crippen LogP contribution >= 0.6 is 15.9 Å². The van der Waals surface area contributed by atoms with Gasteiger partial charge in [0.2, 0.25) is 0 Å². The van der Waals surface area contributed by atoms with Crippen LogP contribution in [0, 0.1) is 5.82 Å². The van der Waals surface area contributed by atoms with Crippen molar-refractivity contribution in [3.63, 3.8) is 0 Å². The molecule has 7 heteroatoms. The molecule has 2 aromatic rings. The Labute approximate surface area is 106 Å². The molecule has 0 saturated heterocycles. The maximum absolute atomic E-state index is 13.5. The van der Waals surface area contributed by atoms with Crippen molar-refractivity contribution in [1.82, 2.24) is 25.9 Å². The molecule has 17 heavy (non-hydrogen) atoms. The molecule has 0 aliphatic heterocycles. The van der Waals surface area contributed by atoms with Crippen LogP contribution in [0.5, 0.6) is 0 Å². The second kappa shape index (κ2) is 5.33. The van der Waals surface area contributed by atoms with Gasteiger partial charge in [0, 0.05) is 16.6 Å². The Balaban J connectivity index is 2.00. The first-order valence-corrected chi connectivity index (χ1v) is 5.87. The van der Waals surface area contributed by atoms with Gasteiger partial charge in [-0.25, -0.2) is 4.39 Å². The Kier molecular flexibility index (Phi) is 3.80. The Hall–Kier alpha value is -1.34. The summed E-state index contributed by atoms with van der Waals surface area (Å²) in [5.74, 6) is 0.321. The van der Waals surface area contributed by atoms with Crippen LogP contribution in [0.3, 0.4) is 0 Å². The number of aromatic amines is 1. The smallest absolute Gasteiger partial charge is 0.191 e. The second-order valence-electron chi connectivity index (χ2n) is 3.61. The van der Waals surface area contributed by atoms with E-state index in [0.717, 1.165) is 4.47 Å². The topological polar surface area (TPSA) is 66.5 Å². The van der Waals surface area contributed by atoms with Crippen LogP contribution in [0.4, 0.5) is 4.39 Å². The summed E-state index contributed by atoms with van der Waals surface area (Å²) in [7, 11) is 0. The van der Waals surface area contributed by atoms with Crippen molar-refractivity contribution in [2.24, 2.45) is 0 Å². The Bertz CT molecular complexity index is 487. The van der Waals surface area contributed by atoms with Crippen LogP contribution in [0.1, 0.15) is 24.4 Å². The van der Waals surface area contributed by atoms with Crippen molar-refractivity contribution in [2.75, 3.05) is 0 Å². The first kappa shape index (κ1) is 12.1. The van der Waals surface area contributed by atoms with E-state index in [1.807, 2.05) is 6.92 Å². The van der Waals surface area contributed by atoms with Gasteiger partial charge in [-0.3, -0.25) is 0 Å². The molecule has 1 heterocycles. The number of rotatable bonds is 4. The Morgan fingerprint density at radius 3 is 3.06 bits per heavy atom. The minimum Gasteiger partial charge on any atom is -0.303 e. The molecule has 0 aliphatic rings. The van der Waals surface area contributed by atoms with Gasteiger partial charge in [-0.1, -0.05) is 21.1 Å². The van der Waals surface area contributed by atoms with Crippen molar-refractivity contribution >= 4 is 15.9 Å². The number of benzene rings is 1. The molecule has 1 unspecified atom stereocenters. The highest BCUT2D eigenvalue weighted by molar-refractivity contribution is 9.10. The fraction of sp³-hybridized carbons (Fsp3) is 0.300. The Morgan fingerprint density at radius 2 is 2.35 bits per heavy atom. The molecule has 2 N–H and O–H groups in total. The van der Waals surface area contributed by atoms with Crippen molar-refractivity contribution < 1.29 is 4.39 Å². The summed E-state index contributed by atoms with van der Waals surface area (Å²) >= 11 is 3.31. The molecule has 0 aliphatic carbocycles. The summed E-state index contributed by atoms with van der Waals surface area (Å²) in [6, 6.07) is 4.75. The molecule has 0 fully saturated rings. The first-order valence-electron chi connectivity index (χ1n) is 5.07. The van der Waals surface area contributed by atoms with E-state index >= 15 is 0 Å². The summed E-state index contributed by atoms with van der Waals surface area (Å²) < 4.78 is 14.3. The number of aromatic nitrogens is 4. The van der Waals surface area contributed by atoms with Crippen LogP contribution in [0.15, 0.2) is 22.7 Å². The fourth-order valence-electron chi connectivity index (χ4n) is 1.39. The Morgan fingerprint density at radius 1 is 1.53 bits per heavy atom. The zero-order valence-corrected chi connectivity index (χ0v) is 10.7. The van der Waals surface area contributed by atoms with E-state index in [9.17, 15) is 4.39 Å². The quantitative estimate of drug-likeness (QED) is 0.906. The van der Waals surface area contributed by atoms with Gasteiger partial charge in [0.1, 0.15) is 5.82 Å². The lowest BCUT2D eigenvalue weighted by Gasteiger charge is -2.10. The molecule has 2 rings (SSSR count). The largest absolute Gasteiger partial charge is 0.303 e. The number of nitrogens with zero attached hydrogens (tertiary/aromatic N) is 3. The highest BCUT2D eigenvalue weighted by atomic mass is 79.9.